The van der Waals surface area contributed by atoms with Gasteiger partial charge in [0, 0.05) is 12.1 Å². The number of aryl methyl sites for hydroxylation is 1. The van der Waals surface area contributed by atoms with Crippen LogP contribution < -0.4 is 5.32 Å². The average Bonchev–Trinajstić information content (AvgIpc) is 2.54. The van der Waals surface area contributed by atoms with Gasteiger partial charge in [-0.2, -0.15) is 0 Å². The van der Waals surface area contributed by atoms with Crippen molar-refractivity contribution in [2.24, 2.45) is 5.92 Å². The van der Waals surface area contributed by atoms with Crippen LogP contribution in [0.4, 0.5) is 0 Å². The van der Waals surface area contributed by atoms with Crippen LogP contribution in [0.5, 0.6) is 0 Å². The van der Waals surface area contributed by atoms with E-state index in [0.29, 0.717) is 12.1 Å². The minimum absolute atomic E-state index is 0.460. The molecule has 0 radical (unpaired) electrons. The summed E-state index contributed by atoms with van der Waals surface area (Å²) in [7, 11) is 0. The Morgan fingerprint density at radius 3 is 2.33 bits per heavy atom. The van der Waals surface area contributed by atoms with E-state index in [1.165, 1.54) is 62.5 Å². The van der Waals surface area contributed by atoms with Crippen LogP contribution in [0, 0.1) is 5.92 Å². The molecule has 1 aliphatic carbocycles. The Bertz CT molecular complexity index is 389. The normalized spacial score (nSPS) is 19.4. The first-order valence-corrected chi connectivity index (χ1v) is 9.05. The minimum Gasteiger partial charge on any atom is -0.307 e. The molecule has 1 N–H and O–H groups in total. The van der Waals surface area contributed by atoms with E-state index in [0.717, 1.165) is 5.92 Å². The van der Waals surface area contributed by atoms with Gasteiger partial charge in [0.15, 0.2) is 0 Å². The Balaban J connectivity index is 1.85. The summed E-state index contributed by atoms with van der Waals surface area (Å²) in [6, 6.07) is 10.4. The van der Waals surface area contributed by atoms with E-state index in [1.807, 2.05) is 0 Å². The van der Waals surface area contributed by atoms with Gasteiger partial charge in [-0.25, -0.2) is 0 Å². The quantitative estimate of drug-likeness (QED) is 0.683. The van der Waals surface area contributed by atoms with E-state index >= 15 is 0 Å². The first kappa shape index (κ1) is 16.5. The van der Waals surface area contributed by atoms with Crippen molar-refractivity contribution < 1.29 is 0 Å². The Labute approximate surface area is 131 Å². The van der Waals surface area contributed by atoms with Crippen molar-refractivity contribution in [1.82, 2.24) is 5.32 Å². The van der Waals surface area contributed by atoms with Gasteiger partial charge in [0.2, 0.25) is 0 Å². The molecule has 1 aromatic carbocycles. The Morgan fingerprint density at radius 1 is 1.05 bits per heavy atom. The number of hydrogen-bond donors (Lipinski definition) is 1. The van der Waals surface area contributed by atoms with Crippen LogP contribution in [0.1, 0.15) is 82.9 Å². The zero-order valence-corrected chi connectivity index (χ0v) is 14.2. The van der Waals surface area contributed by atoms with Gasteiger partial charge >= 0.3 is 0 Å². The topological polar surface area (TPSA) is 12.0 Å². The fourth-order valence-electron chi connectivity index (χ4n) is 3.61. The average molecular weight is 287 g/mol. The largest absolute Gasteiger partial charge is 0.307 e. The Hall–Kier alpha value is -0.820. The standard InChI is InChI=1S/C20H33N/c1-4-5-9-18-12-14-20(15-13-18)17(3)21-16(2)19-10-7-6-8-11-19/h12-17,19,21H,4-11H2,1-3H3/t16-,17?/m1/s1. The molecule has 0 spiro atoms. The van der Waals surface area contributed by atoms with Crippen molar-refractivity contribution in [2.45, 2.75) is 84.2 Å². The monoisotopic (exact) mass is 287 g/mol. The second-order valence-electron chi connectivity index (χ2n) is 6.92. The third kappa shape index (κ3) is 5.14. The number of nitrogens with one attached hydrogen (secondary N) is 1. The summed E-state index contributed by atoms with van der Waals surface area (Å²) in [5.41, 5.74) is 2.91. The Kier molecular flexibility index (Phi) is 6.76. The summed E-state index contributed by atoms with van der Waals surface area (Å²) < 4.78 is 0. The molecular formula is C20H33N. The third-order valence-corrected chi connectivity index (χ3v) is 5.17. The Morgan fingerprint density at radius 2 is 1.71 bits per heavy atom. The highest BCUT2D eigenvalue weighted by atomic mass is 14.9. The zero-order chi connectivity index (χ0) is 15.1. The van der Waals surface area contributed by atoms with Crippen molar-refractivity contribution >= 4 is 0 Å². The molecule has 0 aliphatic heterocycles. The zero-order valence-electron chi connectivity index (χ0n) is 14.2. The molecule has 1 saturated carbocycles. The lowest BCUT2D eigenvalue weighted by molar-refractivity contribution is 0.268. The molecule has 1 aromatic rings. The lowest BCUT2D eigenvalue weighted by Gasteiger charge is -2.31. The van der Waals surface area contributed by atoms with Crippen molar-refractivity contribution in [3.63, 3.8) is 0 Å². The van der Waals surface area contributed by atoms with Gasteiger partial charge in [0.1, 0.15) is 0 Å². The molecule has 2 atom stereocenters. The summed E-state index contributed by atoms with van der Waals surface area (Å²) in [6.45, 7) is 6.94. The summed E-state index contributed by atoms with van der Waals surface area (Å²) in [6.07, 6.45) is 10.9. The smallest absolute Gasteiger partial charge is 0.0294 e. The van der Waals surface area contributed by atoms with Crippen molar-refractivity contribution in [3.05, 3.63) is 35.4 Å². The van der Waals surface area contributed by atoms with E-state index in [-0.39, 0.29) is 0 Å². The lowest BCUT2D eigenvalue weighted by atomic mass is 9.84. The molecule has 21 heavy (non-hydrogen) atoms. The molecule has 1 unspecified atom stereocenters. The lowest BCUT2D eigenvalue weighted by Crippen LogP contribution is -2.36. The van der Waals surface area contributed by atoms with Crippen LogP contribution in [-0.2, 0) is 6.42 Å². The van der Waals surface area contributed by atoms with Crippen LogP contribution >= 0.6 is 0 Å². The molecule has 0 aromatic heterocycles. The second-order valence-corrected chi connectivity index (χ2v) is 6.92. The summed E-state index contributed by atoms with van der Waals surface area (Å²) in [5.74, 6) is 0.880. The van der Waals surface area contributed by atoms with Crippen LogP contribution in [0.3, 0.4) is 0 Å². The van der Waals surface area contributed by atoms with Crippen molar-refractivity contribution in [3.8, 4) is 0 Å². The molecule has 1 aliphatic rings. The number of benzene rings is 1. The van der Waals surface area contributed by atoms with E-state index < -0.39 is 0 Å². The fourth-order valence-corrected chi connectivity index (χ4v) is 3.61. The fraction of sp³-hybridized carbons (Fsp3) is 0.700. The second kappa shape index (κ2) is 8.58. The van der Waals surface area contributed by atoms with Crippen LogP contribution in [0.15, 0.2) is 24.3 Å². The molecule has 0 amide bonds. The molecular weight excluding hydrogens is 254 g/mol. The molecule has 118 valence electrons. The van der Waals surface area contributed by atoms with E-state index in [2.05, 4.69) is 50.4 Å². The molecule has 2 rings (SSSR count). The highest BCUT2D eigenvalue weighted by molar-refractivity contribution is 5.25. The maximum atomic E-state index is 3.83. The van der Waals surface area contributed by atoms with Crippen LogP contribution in [0.25, 0.3) is 0 Å². The van der Waals surface area contributed by atoms with Crippen molar-refractivity contribution in [2.75, 3.05) is 0 Å². The van der Waals surface area contributed by atoms with Gasteiger partial charge in [0.25, 0.3) is 0 Å². The van der Waals surface area contributed by atoms with E-state index in [9.17, 15) is 0 Å². The van der Waals surface area contributed by atoms with Gasteiger partial charge in [-0.1, -0.05) is 56.9 Å². The third-order valence-electron chi connectivity index (χ3n) is 5.17. The predicted octanol–water partition coefficient (Wildman–Crippen LogP) is 5.65. The first-order chi connectivity index (χ1) is 10.2. The van der Waals surface area contributed by atoms with E-state index in [1.54, 1.807) is 0 Å². The minimum atomic E-state index is 0.460. The molecule has 0 saturated heterocycles. The summed E-state index contributed by atoms with van der Waals surface area (Å²) in [5, 5.41) is 3.83. The summed E-state index contributed by atoms with van der Waals surface area (Å²) >= 11 is 0. The molecule has 0 heterocycles. The molecule has 1 heteroatoms. The van der Waals surface area contributed by atoms with Gasteiger partial charge in [0.05, 0.1) is 0 Å². The number of unbranched alkanes of at least 4 members (excludes halogenated alkanes) is 1. The SMILES string of the molecule is CCCCc1ccc(C(C)N[C@H](C)C2CCCCC2)cc1. The van der Waals surface area contributed by atoms with Crippen molar-refractivity contribution in [1.29, 1.82) is 0 Å². The maximum absolute atomic E-state index is 3.83. The highest BCUT2D eigenvalue weighted by Crippen LogP contribution is 2.27. The van der Waals surface area contributed by atoms with Crippen LogP contribution in [0.2, 0.25) is 0 Å². The summed E-state index contributed by atoms with van der Waals surface area (Å²) in [4.78, 5) is 0. The molecule has 1 fully saturated rings. The highest BCUT2D eigenvalue weighted by Gasteiger charge is 2.21. The van der Waals surface area contributed by atoms with Gasteiger partial charge in [-0.05, 0) is 56.6 Å². The predicted molar refractivity (Wildman–Crippen MR) is 92.6 cm³/mol. The maximum Gasteiger partial charge on any atom is 0.0294 e. The van der Waals surface area contributed by atoms with Gasteiger partial charge in [-0.3, -0.25) is 0 Å². The van der Waals surface area contributed by atoms with Gasteiger partial charge < -0.3 is 5.32 Å². The first-order valence-electron chi connectivity index (χ1n) is 9.05. The number of rotatable bonds is 7. The molecule has 1 nitrogen and oxygen atoms in total. The number of hydrogen-bond acceptors (Lipinski definition) is 1. The van der Waals surface area contributed by atoms with E-state index in [4.69, 9.17) is 0 Å². The van der Waals surface area contributed by atoms with Gasteiger partial charge in [-0.15, -0.1) is 0 Å². The molecule has 0 bridgehead atoms. The van der Waals surface area contributed by atoms with Crippen LogP contribution in [-0.4, -0.2) is 6.04 Å².